The molecule has 0 saturated heterocycles. The molecule has 6 nitrogen and oxygen atoms in total. The zero-order valence-corrected chi connectivity index (χ0v) is 17.6. The second kappa shape index (κ2) is 8.65. The van der Waals surface area contributed by atoms with Gasteiger partial charge in [0.15, 0.2) is 6.29 Å². The van der Waals surface area contributed by atoms with Gasteiger partial charge >= 0.3 is 6.16 Å². The van der Waals surface area contributed by atoms with Crippen molar-refractivity contribution >= 4 is 29.1 Å². The number of aromatic nitrogens is 1. The van der Waals surface area contributed by atoms with Gasteiger partial charge in [0.05, 0.1) is 23.6 Å². The number of fused-ring (bicyclic) bond motifs is 3. The Labute approximate surface area is 180 Å². The number of nitrogens with zero attached hydrogens (tertiary/aromatic N) is 1. The van der Waals surface area contributed by atoms with Gasteiger partial charge in [0, 0.05) is 12.2 Å². The standard InChI is InChI=1S/C25H23NO5/c1-3-19-22(20(28)15-27)23-21(31-25(29)30-2)13-17-11-7-8-12-18(17)24(23)26(19)14-16-9-5-4-6-10-16/h5,9-10,13,15H,3,7-8,11-12,14H2,1-2H3. The summed E-state index contributed by atoms with van der Waals surface area (Å²) in [7, 11) is 1.24. The van der Waals surface area contributed by atoms with Gasteiger partial charge in [-0.2, -0.15) is 0 Å². The zero-order chi connectivity index (χ0) is 22.0. The maximum atomic E-state index is 12.8. The van der Waals surface area contributed by atoms with E-state index < -0.39 is 11.9 Å². The highest BCUT2D eigenvalue weighted by molar-refractivity contribution is 6.37. The molecule has 2 aromatic rings. The van der Waals surface area contributed by atoms with Crippen LogP contribution in [-0.4, -0.2) is 29.9 Å². The number of benzene rings is 1. The van der Waals surface area contributed by atoms with E-state index in [2.05, 4.69) is 16.0 Å². The summed E-state index contributed by atoms with van der Waals surface area (Å²) in [6, 6.07) is 1.82. The molecule has 0 radical (unpaired) electrons. The summed E-state index contributed by atoms with van der Waals surface area (Å²) in [5, 5.41) is 0.506. The fourth-order valence-electron chi connectivity index (χ4n) is 4.55. The number of aldehydes is 1. The van der Waals surface area contributed by atoms with Crippen LogP contribution in [0.2, 0.25) is 0 Å². The van der Waals surface area contributed by atoms with Crippen LogP contribution < -0.4 is 4.74 Å². The molecule has 0 atom stereocenters. The first-order valence-corrected chi connectivity index (χ1v) is 10.4. The second-order valence-corrected chi connectivity index (χ2v) is 7.58. The van der Waals surface area contributed by atoms with E-state index in [9.17, 15) is 14.4 Å². The minimum Gasteiger partial charge on any atom is -0.437 e. The molecule has 31 heavy (non-hydrogen) atoms. The number of Topliss-reactive ketones (excluding diaryl/α,β-unsaturated/α-hetero) is 1. The molecule has 0 N–H and O–H groups in total. The molecule has 158 valence electrons. The molecular weight excluding hydrogens is 394 g/mol. The summed E-state index contributed by atoms with van der Waals surface area (Å²) in [5.74, 6) is -0.367. The van der Waals surface area contributed by atoms with Gasteiger partial charge < -0.3 is 14.0 Å². The number of ketones is 1. The fourth-order valence-corrected chi connectivity index (χ4v) is 4.55. The lowest BCUT2D eigenvalue weighted by Crippen LogP contribution is -2.12. The summed E-state index contributed by atoms with van der Waals surface area (Å²) >= 11 is 0. The van der Waals surface area contributed by atoms with E-state index in [1.807, 2.05) is 25.1 Å². The van der Waals surface area contributed by atoms with Gasteiger partial charge in [0.1, 0.15) is 5.75 Å². The Kier molecular flexibility index (Phi) is 5.77. The fraction of sp³-hybridized carbons (Fsp3) is 0.320. The topological polar surface area (TPSA) is 74.6 Å². The van der Waals surface area contributed by atoms with Crippen LogP contribution in [0.3, 0.4) is 0 Å². The minimum absolute atomic E-state index is 0.258. The van der Waals surface area contributed by atoms with Crippen LogP contribution in [0.5, 0.6) is 5.75 Å². The van der Waals surface area contributed by atoms with Crippen LogP contribution in [0.4, 0.5) is 4.79 Å². The Morgan fingerprint density at radius 1 is 1.23 bits per heavy atom. The summed E-state index contributed by atoms with van der Waals surface area (Å²) in [6.45, 7) is 2.45. The Morgan fingerprint density at radius 3 is 2.71 bits per heavy atom. The SMILES string of the molecule is CCc1c(C(=O)C=O)c2c(OC(=O)OC)cc3c(c2n1CC1=CC=C=C=C1)CCCC3. The molecule has 1 heterocycles. The number of carbonyl (C=O) groups excluding carboxylic acids is 3. The van der Waals surface area contributed by atoms with Crippen molar-refractivity contribution in [3.05, 3.63) is 63.7 Å². The van der Waals surface area contributed by atoms with Gasteiger partial charge in [0.25, 0.3) is 0 Å². The number of carbonyl (C=O) groups is 3. The third-order valence-electron chi connectivity index (χ3n) is 5.83. The predicted octanol–water partition coefficient (Wildman–Crippen LogP) is 4.42. The molecule has 0 amide bonds. The van der Waals surface area contributed by atoms with Crippen molar-refractivity contribution in [3.8, 4) is 5.75 Å². The highest BCUT2D eigenvalue weighted by atomic mass is 16.7. The van der Waals surface area contributed by atoms with E-state index in [4.69, 9.17) is 9.47 Å². The van der Waals surface area contributed by atoms with Crippen LogP contribution in [0.15, 0.2) is 41.3 Å². The smallest absolute Gasteiger partial charge is 0.437 e. The van der Waals surface area contributed by atoms with Crippen LogP contribution in [0.1, 0.15) is 46.9 Å². The predicted molar refractivity (Wildman–Crippen MR) is 116 cm³/mol. The van der Waals surface area contributed by atoms with Gasteiger partial charge in [-0.25, -0.2) is 4.79 Å². The molecule has 4 rings (SSSR count). The van der Waals surface area contributed by atoms with Crippen molar-refractivity contribution in [1.82, 2.24) is 4.57 Å². The summed E-state index contributed by atoms with van der Waals surface area (Å²) in [5.41, 5.74) is 11.0. The Balaban J connectivity index is 2.08. The zero-order valence-electron chi connectivity index (χ0n) is 17.6. The molecule has 1 aromatic carbocycles. The molecule has 6 heteroatoms. The van der Waals surface area contributed by atoms with E-state index in [-0.39, 0.29) is 5.75 Å². The van der Waals surface area contributed by atoms with E-state index >= 15 is 0 Å². The highest BCUT2D eigenvalue weighted by Gasteiger charge is 2.29. The van der Waals surface area contributed by atoms with Crippen molar-refractivity contribution in [2.24, 2.45) is 0 Å². The highest BCUT2D eigenvalue weighted by Crippen LogP contribution is 2.41. The monoisotopic (exact) mass is 417 g/mol. The molecule has 0 bridgehead atoms. The third-order valence-corrected chi connectivity index (χ3v) is 5.83. The van der Waals surface area contributed by atoms with Crippen LogP contribution in [0, 0.1) is 0 Å². The number of rotatable bonds is 6. The van der Waals surface area contributed by atoms with Crippen LogP contribution in [0.25, 0.3) is 10.9 Å². The second-order valence-electron chi connectivity index (χ2n) is 7.58. The summed E-state index contributed by atoms with van der Waals surface area (Å²) in [4.78, 5) is 36.3. The molecule has 1 aromatic heterocycles. The summed E-state index contributed by atoms with van der Waals surface area (Å²) in [6.07, 6.45) is 9.41. The van der Waals surface area contributed by atoms with E-state index in [1.165, 1.54) is 7.11 Å². The lowest BCUT2D eigenvalue weighted by Gasteiger charge is -2.21. The Morgan fingerprint density at radius 2 is 2.03 bits per heavy atom. The number of methoxy groups -OCH3 is 1. The third kappa shape index (κ3) is 3.68. The van der Waals surface area contributed by atoms with E-state index in [1.54, 1.807) is 6.08 Å². The first-order valence-electron chi connectivity index (χ1n) is 10.4. The lowest BCUT2D eigenvalue weighted by atomic mass is 9.88. The lowest BCUT2D eigenvalue weighted by molar-refractivity contribution is -0.104. The van der Waals surface area contributed by atoms with E-state index in [0.717, 1.165) is 53.6 Å². The Hall–Kier alpha value is -3.59. The molecule has 0 spiro atoms. The molecule has 0 aliphatic heterocycles. The number of ether oxygens (including phenoxy) is 2. The Bertz CT molecular complexity index is 1230. The van der Waals surface area contributed by atoms with E-state index in [0.29, 0.717) is 30.2 Å². The molecule has 2 aliphatic rings. The quantitative estimate of drug-likeness (QED) is 0.174. The largest absolute Gasteiger partial charge is 0.513 e. The van der Waals surface area contributed by atoms with Crippen LogP contribution in [-0.2, 0) is 35.3 Å². The van der Waals surface area contributed by atoms with Crippen molar-refractivity contribution in [1.29, 1.82) is 0 Å². The van der Waals surface area contributed by atoms with Crippen molar-refractivity contribution in [2.45, 2.75) is 45.6 Å². The minimum atomic E-state index is -0.861. The molecule has 0 unspecified atom stereocenters. The molecular formula is C25H23NO5. The van der Waals surface area contributed by atoms with Gasteiger partial charge in [-0.15, -0.1) is 0 Å². The van der Waals surface area contributed by atoms with Gasteiger partial charge in [0.2, 0.25) is 5.78 Å². The van der Waals surface area contributed by atoms with Gasteiger partial charge in [-0.05, 0) is 73.1 Å². The average Bonchev–Trinajstić information content (AvgIpc) is 3.13. The van der Waals surface area contributed by atoms with Crippen molar-refractivity contribution in [2.75, 3.05) is 7.11 Å². The number of hydrogen-bond donors (Lipinski definition) is 0. The average molecular weight is 417 g/mol. The van der Waals surface area contributed by atoms with Crippen LogP contribution >= 0.6 is 0 Å². The first kappa shape index (κ1) is 20.7. The molecule has 0 fully saturated rings. The maximum Gasteiger partial charge on any atom is 0.513 e. The number of allylic oxidation sites excluding steroid dienone is 4. The summed E-state index contributed by atoms with van der Waals surface area (Å²) < 4.78 is 12.3. The number of aryl methyl sites for hydroxylation is 2. The molecule has 2 aliphatic carbocycles. The normalized spacial score (nSPS) is 14.3. The van der Waals surface area contributed by atoms with Crippen molar-refractivity contribution < 1.29 is 23.9 Å². The maximum absolute atomic E-state index is 12.8. The molecule has 0 saturated carbocycles. The van der Waals surface area contributed by atoms with Gasteiger partial charge in [-0.3, -0.25) is 9.59 Å². The first-order chi connectivity index (χ1) is 15.1. The number of hydrogen-bond acceptors (Lipinski definition) is 5. The van der Waals surface area contributed by atoms with Crippen molar-refractivity contribution in [3.63, 3.8) is 0 Å². The van der Waals surface area contributed by atoms with Gasteiger partial charge in [-0.1, -0.05) is 18.4 Å².